The molecule has 8 rings (SSSR count). The smallest absolute Gasteiger partial charge is 0.408 e. The Balaban J connectivity index is 0.939. The average Bonchev–Trinajstić information content (AvgIpc) is 3.15. The predicted molar refractivity (Wildman–Crippen MR) is 191 cm³/mol. The molecule has 0 saturated carbocycles. The number of benzene rings is 4. The van der Waals surface area contributed by atoms with E-state index in [1.807, 2.05) is 78.9 Å². The molecule has 50 heavy (non-hydrogen) atoms. The van der Waals surface area contributed by atoms with Crippen LogP contribution in [0, 0.1) is 5.92 Å². The molecule has 3 atom stereocenters. The summed E-state index contributed by atoms with van der Waals surface area (Å²) >= 11 is 0. The van der Waals surface area contributed by atoms with Crippen molar-refractivity contribution in [1.82, 2.24) is 20.5 Å². The molecule has 4 aromatic carbocycles. The van der Waals surface area contributed by atoms with Crippen molar-refractivity contribution in [2.24, 2.45) is 5.92 Å². The van der Waals surface area contributed by atoms with Gasteiger partial charge in [0.15, 0.2) is 0 Å². The van der Waals surface area contributed by atoms with Gasteiger partial charge in [-0.25, -0.2) is 4.79 Å². The number of aromatic hydroxyl groups is 1. The molecule has 258 valence electrons. The molecule has 10 heteroatoms. The molecule has 0 radical (unpaired) electrons. The van der Waals surface area contributed by atoms with Crippen LogP contribution in [0.4, 0.5) is 4.79 Å². The number of alkyl carbamates (subject to hydrolysis) is 1. The number of amides is 1. The summed E-state index contributed by atoms with van der Waals surface area (Å²) in [6.07, 6.45) is 0.847. The first kappa shape index (κ1) is 33.3. The van der Waals surface area contributed by atoms with Gasteiger partial charge in [0.05, 0.1) is 17.7 Å². The van der Waals surface area contributed by atoms with Crippen LogP contribution in [-0.4, -0.2) is 58.5 Å². The van der Waals surface area contributed by atoms with Gasteiger partial charge in [0, 0.05) is 31.1 Å². The van der Waals surface area contributed by atoms with E-state index in [4.69, 9.17) is 9.47 Å². The molecule has 3 saturated heterocycles. The number of phenolic OH excluding ortho intramolecular Hbond substituents is 1. The Morgan fingerprint density at radius 2 is 1.66 bits per heavy atom. The zero-order valence-electron chi connectivity index (χ0n) is 27.8. The number of aromatic nitrogens is 1. The highest BCUT2D eigenvalue weighted by molar-refractivity contribution is 5.87. The van der Waals surface area contributed by atoms with Gasteiger partial charge in [-0.05, 0) is 83.9 Å². The maximum atomic E-state index is 13.2. The van der Waals surface area contributed by atoms with Gasteiger partial charge in [0.1, 0.15) is 24.2 Å². The summed E-state index contributed by atoms with van der Waals surface area (Å²) in [6.45, 7) is 4.19. The lowest BCUT2D eigenvalue weighted by Gasteiger charge is -2.43. The molecule has 5 N–H and O–H groups in total. The Labute approximate surface area is 290 Å². The molecule has 5 aromatic rings. The fourth-order valence-corrected chi connectivity index (χ4v) is 7.05. The second kappa shape index (κ2) is 15.2. The number of hydrogen-bond acceptors (Lipinski definition) is 8. The average molecular weight is 675 g/mol. The van der Waals surface area contributed by atoms with Crippen LogP contribution in [0.3, 0.4) is 0 Å². The number of phenols is 1. The summed E-state index contributed by atoms with van der Waals surface area (Å²) < 4.78 is 12.2. The number of aliphatic hydroxyl groups is 1. The Bertz CT molecular complexity index is 1970. The lowest BCUT2D eigenvalue weighted by molar-refractivity contribution is -0.0336. The standard InChI is InChI=1S/C40H42N4O6/c45-34-15-13-32(33-14-16-37(47)42-39(33)34)35(46)23-41-22-26-9-11-27(12-10-26)25-49-31-8-4-7-30(21-31)38(29-5-2-1-3-6-29)43-40(48)50-36-24-44-19-17-28(36)18-20-44/h1-16,21,28,35-36,38,41,45-46H,17-20,22-25H2,(H,42,47)(H,43,48)/t35?,36-,38?/m0/s1. The Morgan fingerprint density at radius 1 is 0.900 bits per heavy atom. The molecule has 2 bridgehead atoms. The predicted octanol–water partition coefficient (Wildman–Crippen LogP) is 5.55. The molecule has 0 aliphatic carbocycles. The van der Waals surface area contributed by atoms with E-state index in [9.17, 15) is 19.8 Å². The number of carbonyl (C=O) groups is 1. The van der Waals surface area contributed by atoms with E-state index in [-0.39, 0.29) is 24.0 Å². The van der Waals surface area contributed by atoms with Gasteiger partial charge in [0.25, 0.3) is 0 Å². The fourth-order valence-electron chi connectivity index (χ4n) is 7.05. The van der Waals surface area contributed by atoms with Gasteiger partial charge in [0.2, 0.25) is 5.56 Å². The number of aromatic amines is 1. The van der Waals surface area contributed by atoms with Crippen LogP contribution in [0.5, 0.6) is 11.5 Å². The quantitative estimate of drug-likeness (QED) is 0.116. The number of rotatable bonds is 12. The van der Waals surface area contributed by atoms with Crippen molar-refractivity contribution in [3.8, 4) is 11.5 Å². The van der Waals surface area contributed by atoms with E-state index < -0.39 is 18.2 Å². The molecule has 1 aromatic heterocycles. The topological polar surface area (TPSA) is 136 Å². The van der Waals surface area contributed by atoms with E-state index in [1.165, 1.54) is 12.1 Å². The number of aliphatic hydroxyl groups excluding tert-OH is 1. The third kappa shape index (κ3) is 7.83. The second-order valence-corrected chi connectivity index (χ2v) is 13.2. The molecule has 10 nitrogen and oxygen atoms in total. The first-order valence-electron chi connectivity index (χ1n) is 17.2. The van der Waals surface area contributed by atoms with Crippen LogP contribution in [0.15, 0.2) is 108 Å². The first-order valence-corrected chi connectivity index (χ1v) is 17.2. The first-order chi connectivity index (χ1) is 24.4. The van der Waals surface area contributed by atoms with E-state index in [0.29, 0.717) is 41.3 Å². The lowest BCUT2D eigenvalue weighted by Crippen LogP contribution is -2.52. The maximum Gasteiger partial charge on any atom is 0.408 e. The largest absolute Gasteiger partial charge is 0.506 e. The minimum Gasteiger partial charge on any atom is -0.506 e. The van der Waals surface area contributed by atoms with E-state index in [1.54, 1.807) is 12.1 Å². The van der Waals surface area contributed by atoms with Crippen molar-refractivity contribution in [1.29, 1.82) is 0 Å². The van der Waals surface area contributed by atoms with Gasteiger partial charge in [-0.2, -0.15) is 0 Å². The third-order valence-electron chi connectivity index (χ3n) is 9.80. The third-order valence-corrected chi connectivity index (χ3v) is 9.80. The monoisotopic (exact) mass is 674 g/mol. The summed E-state index contributed by atoms with van der Waals surface area (Å²) in [4.78, 5) is 29.9. The molecule has 0 spiro atoms. The van der Waals surface area contributed by atoms with Crippen LogP contribution in [-0.2, 0) is 17.9 Å². The minimum absolute atomic E-state index is 0.0385. The normalized spacial score (nSPS) is 19.5. The lowest BCUT2D eigenvalue weighted by atomic mass is 9.86. The number of pyridine rings is 1. The van der Waals surface area contributed by atoms with Gasteiger partial charge < -0.3 is 35.3 Å². The van der Waals surface area contributed by atoms with Gasteiger partial charge >= 0.3 is 6.09 Å². The molecular weight excluding hydrogens is 632 g/mol. The van der Waals surface area contributed by atoms with Crippen molar-refractivity contribution in [2.75, 3.05) is 26.2 Å². The highest BCUT2D eigenvalue weighted by Crippen LogP contribution is 2.31. The number of carbonyl (C=O) groups excluding carboxylic acids is 1. The van der Waals surface area contributed by atoms with Crippen LogP contribution < -0.4 is 20.9 Å². The van der Waals surface area contributed by atoms with E-state index >= 15 is 0 Å². The zero-order chi connectivity index (χ0) is 34.5. The Hall–Kier alpha value is -5.16. The Kier molecular flexibility index (Phi) is 10.1. The Morgan fingerprint density at radius 3 is 2.42 bits per heavy atom. The van der Waals surface area contributed by atoms with Crippen molar-refractivity contribution in [3.05, 3.63) is 141 Å². The highest BCUT2D eigenvalue weighted by Gasteiger charge is 2.37. The molecule has 4 heterocycles. The van der Waals surface area contributed by atoms with Crippen LogP contribution in [0.2, 0.25) is 0 Å². The molecule has 3 fully saturated rings. The number of piperidine rings is 3. The molecule has 1 amide bonds. The number of fused-ring (bicyclic) bond motifs is 4. The summed E-state index contributed by atoms with van der Waals surface area (Å²) in [7, 11) is 0. The number of ether oxygens (including phenoxy) is 2. The maximum absolute atomic E-state index is 13.2. The highest BCUT2D eigenvalue weighted by atomic mass is 16.6. The van der Waals surface area contributed by atoms with Crippen LogP contribution in [0.1, 0.15) is 52.8 Å². The van der Waals surface area contributed by atoms with Gasteiger partial charge in [-0.3, -0.25) is 9.69 Å². The molecule has 3 aliphatic rings. The van der Waals surface area contributed by atoms with Gasteiger partial charge in [-0.15, -0.1) is 0 Å². The van der Waals surface area contributed by atoms with E-state index in [2.05, 4.69) is 20.5 Å². The zero-order valence-corrected chi connectivity index (χ0v) is 27.8. The summed E-state index contributed by atoms with van der Waals surface area (Å²) in [5, 5.41) is 28.0. The minimum atomic E-state index is -0.833. The van der Waals surface area contributed by atoms with Crippen molar-refractivity contribution in [3.63, 3.8) is 0 Å². The van der Waals surface area contributed by atoms with Crippen molar-refractivity contribution in [2.45, 2.75) is 44.2 Å². The second-order valence-electron chi connectivity index (χ2n) is 13.2. The van der Waals surface area contributed by atoms with Crippen LogP contribution in [0.25, 0.3) is 10.9 Å². The molecule has 2 unspecified atom stereocenters. The van der Waals surface area contributed by atoms with Gasteiger partial charge in [-0.1, -0.05) is 72.8 Å². The SMILES string of the molecule is O=C(NC(c1ccccc1)c1cccc(OCc2ccc(CNCC(O)c3ccc(O)c4[nH]c(=O)ccc34)cc2)c1)O[C@H]1CN2CCC1CC2. The number of hydrogen-bond donors (Lipinski definition) is 5. The number of H-pyrrole nitrogens is 1. The summed E-state index contributed by atoms with van der Waals surface area (Å²) in [5.41, 5.74) is 4.52. The van der Waals surface area contributed by atoms with Crippen molar-refractivity contribution < 1.29 is 24.5 Å². The molecule has 3 aliphatic heterocycles. The summed E-state index contributed by atoms with van der Waals surface area (Å²) in [5.74, 6) is 1.09. The summed E-state index contributed by atoms with van der Waals surface area (Å²) in [6, 6.07) is 31.5. The van der Waals surface area contributed by atoms with E-state index in [0.717, 1.165) is 54.7 Å². The van der Waals surface area contributed by atoms with Crippen molar-refractivity contribution >= 4 is 17.0 Å². The fraction of sp³-hybridized carbons (Fsp3) is 0.300. The molecular formula is C40H42N4O6. The number of nitrogens with one attached hydrogen (secondary N) is 3. The van der Waals surface area contributed by atoms with Crippen LogP contribution >= 0.6 is 0 Å². The number of nitrogens with zero attached hydrogens (tertiary/aromatic N) is 1.